The summed E-state index contributed by atoms with van der Waals surface area (Å²) < 4.78 is 39.1. The number of terminal acetylenes is 1. The molecule has 0 aliphatic carbocycles. The molecule has 0 spiro atoms. The number of esters is 1. The number of oxime groups is 1. The predicted molar refractivity (Wildman–Crippen MR) is 173 cm³/mol. The number of aliphatic hydroxyl groups excluding tert-OH is 1. The highest BCUT2D eigenvalue weighted by atomic mass is 16.7. The van der Waals surface area contributed by atoms with Crippen LogP contribution in [0.4, 0.5) is 0 Å². The number of ketones is 1. The third-order valence-electron chi connectivity index (χ3n) is 10.7. The molecule has 4 rings (SSSR count). The molecule has 12 heteroatoms. The summed E-state index contributed by atoms with van der Waals surface area (Å²) in [5, 5.41) is 15.7. The van der Waals surface area contributed by atoms with E-state index in [1.807, 2.05) is 60.5 Å². The van der Waals surface area contributed by atoms with Gasteiger partial charge >= 0.3 is 5.97 Å². The Balaban J connectivity index is 1.85. The van der Waals surface area contributed by atoms with Crippen LogP contribution in [0.2, 0.25) is 0 Å². The SMILES string of the molecule is C#CCO/N=C1\CO[C@H]2[C@@H](C)[C@@H](O[C@@H]3O[C@H](C)C[C@H](N(C)C)[C@H]3O)[C@@](C)(C[C@@H](C)C3OC(C)(C(=O)C3C)[C@@H](CC)OC(=O)[C@@H]2C)OC1. The minimum atomic E-state index is -1.30. The largest absolute Gasteiger partial charge is 0.459 e. The highest BCUT2D eigenvalue weighted by Crippen LogP contribution is 2.45. The van der Waals surface area contributed by atoms with Gasteiger partial charge in [0.2, 0.25) is 0 Å². The van der Waals surface area contributed by atoms with Crippen molar-refractivity contribution < 1.29 is 48.0 Å². The summed E-state index contributed by atoms with van der Waals surface area (Å²) in [5.74, 6) is -0.131. The number of Topliss-reactive ketones (excluding diaryl/α,β-unsaturated/α-hetero) is 1. The van der Waals surface area contributed by atoms with Gasteiger partial charge in [-0.05, 0) is 67.0 Å². The number of aliphatic hydroxyl groups is 1. The summed E-state index contributed by atoms with van der Waals surface area (Å²) >= 11 is 0. The first-order chi connectivity index (χ1) is 22.1. The average Bonchev–Trinajstić information content (AvgIpc) is 3.27. The number of hydrogen-bond acceptors (Lipinski definition) is 12. The van der Waals surface area contributed by atoms with Crippen molar-refractivity contribution in [2.45, 2.75) is 135 Å². The smallest absolute Gasteiger partial charge is 0.311 e. The lowest BCUT2D eigenvalue weighted by molar-refractivity contribution is -0.302. The standard InChI is InChI=1S/C35H56N2O10/c1-12-14-43-36-24-17-41-29-22(6)31(46-33-27(38)25(37(10)11)15-20(4)44-33)34(8,42-18-24)16-19(3)28-21(5)30(39)35(9,47-28)26(13-2)45-32(40)23(29)7/h1,19-23,25-29,31,33,38H,13-18H2,2-11H3/b36-24+/t19-,20-,21?,22-,23-,25+,26-,27-,28?,29+,31-,33+,34-,35?/m1/s1. The van der Waals surface area contributed by atoms with Crippen molar-refractivity contribution in [1.82, 2.24) is 4.90 Å². The number of cyclic esters (lactones) is 1. The molecule has 0 saturated carbocycles. The Labute approximate surface area is 280 Å². The topological polar surface area (TPSA) is 135 Å². The van der Waals surface area contributed by atoms with Crippen molar-refractivity contribution in [3.63, 3.8) is 0 Å². The van der Waals surface area contributed by atoms with E-state index in [-0.39, 0.29) is 43.7 Å². The lowest BCUT2D eigenvalue weighted by Gasteiger charge is -2.48. The zero-order valence-electron chi connectivity index (χ0n) is 29.8. The predicted octanol–water partition coefficient (Wildman–Crippen LogP) is 2.97. The van der Waals surface area contributed by atoms with Crippen LogP contribution < -0.4 is 0 Å². The van der Waals surface area contributed by atoms with Crippen LogP contribution in [0.25, 0.3) is 0 Å². The highest BCUT2D eigenvalue weighted by Gasteiger charge is 2.58. The molecule has 4 aliphatic rings. The van der Waals surface area contributed by atoms with Crippen molar-refractivity contribution >= 4 is 17.5 Å². The molecule has 4 saturated heterocycles. The lowest BCUT2D eigenvalue weighted by Crippen LogP contribution is -2.59. The van der Waals surface area contributed by atoms with Crippen molar-refractivity contribution in [3.8, 4) is 12.3 Å². The number of hydrogen-bond donors (Lipinski definition) is 1. The van der Waals surface area contributed by atoms with Crippen molar-refractivity contribution in [3.05, 3.63) is 0 Å². The second kappa shape index (κ2) is 15.2. The molecule has 0 radical (unpaired) electrons. The molecular weight excluding hydrogens is 608 g/mol. The molecule has 4 fully saturated rings. The van der Waals surface area contributed by atoms with Gasteiger partial charge in [-0.1, -0.05) is 38.8 Å². The number of likely N-dealkylation sites (N-methyl/N-ethyl adjacent to an activating group) is 1. The molecule has 0 aromatic carbocycles. The highest BCUT2D eigenvalue weighted by molar-refractivity contribution is 5.92. The van der Waals surface area contributed by atoms with E-state index in [0.29, 0.717) is 25.0 Å². The van der Waals surface area contributed by atoms with Gasteiger partial charge in [0.25, 0.3) is 0 Å². The van der Waals surface area contributed by atoms with Crippen LogP contribution in [0.5, 0.6) is 0 Å². The third kappa shape index (κ3) is 7.72. The fourth-order valence-corrected chi connectivity index (χ4v) is 8.11. The van der Waals surface area contributed by atoms with E-state index in [0.717, 1.165) is 0 Å². The van der Waals surface area contributed by atoms with Gasteiger partial charge in [-0.3, -0.25) is 9.59 Å². The summed E-state index contributed by atoms with van der Waals surface area (Å²) in [4.78, 5) is 35.1. The molecule has 0 aromatic heterocycles. The molecule has 4 heterocycles. The van der Waals surface area contributed by atoms with Gasteiger partial charge in [-0.2, -0.15) is 0 Å². The van der Waals surface area contributed by atoms with Gasteiger partial charge in [0.1, 0.15) is 17.9 Å². The average molecular weight is 665 g/mol. The fraction of sp³-hybridized carbons (Fsp3) is 0.857. The first kappa shape index (κ1) is 37.7. The van der Waals surface area contributed by atoms with Crippen LogP contribution in [0.1, 0.15) is 74.7 Å². The Hall–Kier alpha value is -2.11. The summed E-state index contributed by atoms with van der Waals surface area (Å²) in [6.45, 7) is 15.1. The summed E-state index contributed by atoms with van der Waals surface area (Å²) in [7, 11) is 3.84. The Bertz CT molecular complexity index is 1190. The van der Waals surface area contributed by atoms with Gasteiger partial charge in [0, 0.05) is 17.9 Å². The molecule has 47 heavy (non-hydrogen) atoms. The maximum absolute atomic E-state index is 14.0. The number of fused-ring (bicyclic) bond motifs is 5. The fourth-order valence-electron chi connectivity index (χ4n) is 8.11. The molecular formula is C35H56N2O10. The molecule has 3 unspecified atom stereocenters. The van der Waals surface area contributed by atoms with Gasteiger partial charge in [0.05, 0.1) is 49.1 Å². The zero-order valence-corrected chi connectivity index (χ0v) is 29.8. The Morgan fingerprint density at radius 1 is 1.09 bits per heavy atom. The summed E-state index contributed by atoms with van der Waals surface area (Å²) in [6.07, 6.45) is 1.92. The Kier molecular flexibility index (Phi) is 12.2. The second-order valence-corrected chi connectivity index (χ2v) is 14.6. The third-order valence-corrected chi connectivity index (χ3v) is 10.7. The maximum atomic E-state index is 14.0. The molecule has 14 atom stereocenters. The lowest BCUT2D eigenvalue weighted by atomic mass is 9.75. The van der Waals surface area contributed by atoms with Crippen LogP contribution >= 0.6 is 0 Å². The quantitative estimate of drug-likeness (QED) is 0.194. The summed E-state index contributed by atoms with van der Waals surface area (Å²) in [6, 6.07) is -0.203. The van der Waals surface area contributed by atoms with E-state index in [4.69, 9.17) is 39.7 Å². The molecule has 0 amide bonds. The molecule has 4 aliphatic heterocycles. The van der Waals surface area contributed by atoms with E-state index in [2.05, 4.69) is 11.1 Å². The van der Waals surface area contributed by atoms with E-state index < -0.39 is 71.7 Å². The van der Waals surface area contributed by atoms with Crippen LogP contribution in [0.15, 0.2) is 5.16 Å². The van der Waals surface area contributed by atoms with Gasteiger partial charge in [-0.15, -0.1) is 6.42 Å². The molecule has 12 nitrogen and oxygen atoms in total. The van der Waals surface area contributed by atoms with E-state index >= 15 is 0 Å². The van der Waals surface area contributed by atoms with Gasteiger partial charge < -0.3 is 43.3 Å². The first-order valence-electron chi connectivity index (χ1n) is 17.0. The normalized spacial score (nSPS) is 46.0. The van der Waals surface area contributed by atoms with Crippen molar-refractivity contribution in [2.24, 2.45) is 28.8 Å². The molecule has 4 bridgehead atoms. The van der Waals surface area contributed by atoms with Gasteiger partial charge in [0.15, 0.2) is 24.3 Å². The van der Waals surface area contributed by atoms with Crippen LogP contribution in [0.3, 0.4) is 0 Å². The number of rotatable bonds is 6. The molecule has 0 aromatic rings. The number of carbonyl (C=O) groups excluding carboxylic acids is 2. The van der Waals surface area contributed by atoms with Crippen molar-refractivity contribution in [2.75, 3.05) is 33.9 Å². The number of carbonyl (C=O) groups is 2. The number of ether oxygens (including phenoxy) is 6. The first-order valence-corrected chi connectivity index (χ1v) is 17.0. The maximum Gasteiger partial charge on any atom is 0.311 e. The minimum Gasteiger partial charge on any atom is -0.459 e. The van der Waals surface area contributed by atoms with Gasteiger partial charge in [-0.25, -0.2) is 0 Å². The van der Waals surface area contributed by atoms with Crippen LogP contribution in [0, 0.1) is 36.0 Å². The second-order valence-electron chi connectivity index (χ2n) is 14.6. The Morgan fingerprint density at radius 3 is 2.43 bits per heavy atom. The number of nitrogens with zero attached hydrogens (tertiary/aromatic N) is 2. The van der Waals surface area contributed by atoms with E-state index in [9.17, 15) is 14.7 Å². The van der Waals surface area contributed by atoms with Crippen LogP contribution in [-0.2, 0) is 42.8 Å². The van der Waals surface area contributed by atoms with Crippen LogP contribution in [-0.4, -0.2) is 122 Å². The molecule has 1 N–H and O–H groups in total. The minimum absolute atomic E-state index is 0.00796. The molecule has 266 valence electrons. The summed E-state index contributed by atoms with van der Waals surface area (Å²) in [5.41, 5.74) is -1.92. The van der Waals surface area contributed by atoms with E-state index in [1.165, 1.54) is 0 Å². The van der Waals surface area contributed by atoms with E-state index in [1.54, 1.807) is 13.8 Å². The van der Waals surface area contributed by atoms with Crippen molar-refractivity contribution in [1.29, 1.82) is 0 Å². The zero-order chi connectivity index (χ0) is 34.8. The Morgan fingerprint density at radius 2 is 1.79 bits per heavy atom. The monoisotopic (exact) mass is 664 g/mol.